The Balaban J connectivity index is 0.000000180. The zero-order chi connectivity index (χ0) is 46.6. The van der Waals surface area contributed by atoms with Crippen molar-refractivity contribution in [2.45, 2.75) is 85.6 Å². The molecular weight excluding hydrogens is 1030 g/mol. The second-order valence-electron chi connectivity index (χ2n) is 20.1. The van der Waals surface area contributed by atoms with Gasteiger partial charge in [-0.1, -0.05) is 180 Å². The predicted molar refractivity (Wildman–Crippen MR) is 286 cm³/mol. The molecule has 3 aromatic heterocycles. The molecule has 68 heavy (non-hydrogen) atoms. The fourth-order valence-corrected chi connectivity index (χ4v) is 11.7. The van der Waals surface area contributed by atoms with Gasteiger partial charge in [0.25, 0.3) is 0 Å². The van der Waals surface area contributed by atoms with E-state index in [1.165, 1.54) is 43.9 Å². The van der Waals surface area contributed by atoms with Crippen LogP contribution in [0.4, 0.5) is 17.1 Å². The summed E-state index contributed by atoms with van der Waals surface area (Å²) >= 11 is 0. The van der Waals surface area contributed by atoms with Crippen LogP contribution < -0.4 is 10.1 Å². The van der Waals surface area contributed by atoms with E-state index in [1.807, 2.05) is 18.2 Å². The maximum absolute atomic E-state index is 6.19. The van der Waals surface area contributed by atoms with E-state index in [2.05, 4.69) is 222 Å². The van der Waals surface area contributed by atoms with Gasteiger partial charge in [0.2, 0.25) is 0 Å². The van der Waals surface area contributed by atoms with Crippen molar-refractivity contribution in [2.24, 2.45) is 5.92 Å². The molecule has 1 unspecified atom stereocenters. The van der Waals surface area contributed by atoms with Crippen LogP contribution in [-0.2, 0) is 26.5 Å². The molecule has 7 aromatic carbocycles. The fourth-order valence-electron chi connectivity index (χ4n) is 10.1. The number of pyridine rings is 1. The third-order valence-electron chi connectivity index (χ3n) is 13.2. The smallest absolute Gasteiger partial charge is 0.661 e. The first kappa shape index (κ1) is 46.8. The van der Waals surface area contributed by atoms with Crippen LogP contribution in [0.2, 0.25) is 19.6 Å². The number of nitrogens with zero attached hydrogens (tertiary/aromatic N) is 4. The third kappa shape index (κ3) is 8.61. The number of hydrogen-bond acceptors (Lipinski definition) is 3. The molecule has 0 fully saturated rings. The molecule has 0 radical (unpaired) electrons. The molecule has 0 saturated carbocycles. The van der Waals surface area contributed by atoms with Crippen LogP contribution >= 0.6 is 0 Å². The van der Waals surface area contributed by atoms with E-state index in [4.69, 9.17) is 14.7 Å². The Morgan fingerprint density at radius 3 is 2.07 bits per heavy atom. The van der Waals surface area contributed by atoms with Crippen LogP contribution in [0.25, 0.3) is 66.0 Å². The first-order valence-corrected chi connectivity index (χ1v) is 27.4. The van der Waals surface area contributed by atoms with Crippen molar-refractivity contribution in [1.29, 1.82) is 0 Å². The van der Waals surface area contributed by atoms with E-state index in [0.29, 0.717) is 17.8 Å². The topological polar surface area (TPSA) is 48.3 Å². The molecular formula is C61H59IrN4OSi. The second kappa shape index (κ2) is 19.0. The molecule has 1 atom stereocenters. The van der Waals surface area contributed by atoms with Gasteiger partial charge in [0.15, 0.2) is 0 Å². The molecule has 0 amide bonds. The third-order valence-corrected chi connectivity index (χ3v) is 15.2. The van der Waals surface area contributed by atoms with Gasteiger partial charge < -0.3 is 24.2 Å². The Bertz CT molecular complexity index is 3390. The second-order valence-corrected chi connectivity index (χ2v) is 25.1. The molecule has 4 heterocycles. The molecule has 0 bridgehead atoms. The van der Waals surface area contributed by atoms with Crippen LogP contribution in [0.5, 0.6) is 0 Å². The SMILES string of the molecule is CC(C)Cc1cc(-c2[c-]ccc3c2oc2ccccc23)ncc1[Si](C)(C)C.CC(C)c1cccc(C(C)C)c1N1c2ccccc2[N-]C1c1[c-]cc2c(c1)c1ccccc1n2-c1ccccc1.[Ir+3]. The fraction of sp³-hybridized carbons (Fsp3) is 0.230. The van der Waals surface area contributed by atoms with Gasteiger partial charge in [0.05, 0.1) is 13.7 Å². The van der Waals surface area contributed by atoms with E-state index >= 15 is 0 Å². The van der Waals surface area contributed by atoms with E-state index in [-0.39, 0.29) is 26.3 Å². The van der Waals surface area contributed by atoms with Crippen LogP contribution in [0.1, 0.15) is 81.8 Å². The Hall–Kier alpha value is -6.24. The van der Waals surface area contributed by atoms with Crippen LogP contribution in [0.15, 0.2) is 162 Å². The first-order valence-electron chi connectivity index (χ1n) is 23.9. The van der Waals surface area contributed by atoms with Gasteiger partial charge in [-0.3, -0.25) is 0 Å². The van der Waals surface area contributed by atoms with Crippen molar-refractivity contribution in [3.05, 3.63) is 198 Å². The van der Waals surface area contributed by atoms with Crippen LogP contribution in [0, 0.1) is 18.1 Å². The van der Waals surface area contributed by atoms with Gasteiger partial charge >= 0.3 is 20.1 Å². The summed E-state index contributed by atoms with van der Waals surface area (Å²) < 4.78 is 8.54. The minimum Gasteiger partial charge on any atom is -0.661 e. The summed E-state index contributed by atoms with van der Waals surface area (Å²) in [4.78, 5) is 7.31. The largest absolute Gasteiger partial charge is 3.00 e. The van der Waals surface area contributed by atoms with Crippen molar-refractivity contribution < 1.29 is 24.5 Å². The molecule has 7 heteroatoms. The molecule has 0 spiro atoms. The zero-order valence-electron chi connectivity index (χ0n) is 40.6. The summed E-state index contributed by atoms with van der Waals surface area (Å²) in [6.07, 6.45) is 2.98. The molecule has 0 N–H and O–H groups in total. The van der Waals surface area contributed by atoms with E-state index in [1.54, 1.807) is 0 Å². The molecule has 0 aliphatic carbocycles. The molecule has 10 aromatic rings. The van der Waals surface area contributed by atoms with Crippen LogP contribution in [-0.4, -0.2) is 17.6 Å². The zero-order valence-corrected chi connectivity index (χ0v) is 44.0. The van der Waals surface area contributed by atoms with E-state index in [9.17, 15) is 0 Å². The number of aromatic nitrogens is 2. The van der Waals surface area contributed by atoms with Crippen molar-refractivity contribution >= 4 is 74.1 Å². The number of hydrogen-bond donors (Lipinski definition) is 0. The quantitative estimate of drug-likeness (QED) is 0.107. The van der Waals surface area contributed by atoms with Gasteiger partial charge in [-0.2, -0.15) is 23.8 Å². The van der Waals surface area contributed by atoms with Crippen molar-refractivity contribution in [1.82, 2.24) is 9.55 Å². The molecule has 0 saturated heterocycles. The summed E-state index contributed by atoms with van der Waals surface area (Å²) in [7, 11) is -1.44. The average molecular weight is 1080 g/mol. The summed E-state index contributed by atoms with van der Waals surface area (Å²) in [5.41, 5.74) is 15.9. The van der Waals surface area contributed by atoms with Crippen LogP contribution in [0.3, 0.4) is 0 Å². The van der Waals surface area contributed by atoms with E-state index in [0.717, 1.165) is 67.8 Å². The summed E-state index contributed by atoms with van der Waals surface area (Å²) in [6, 6.07) is 60.7. The van der Waals surface area contributed by atoms with Gasteiger partial charge in [0, 0.05) is 34.2 Å². The number of anilines is 2. The maximum atomic E-state index is 6.19. The number of furan rings is 1. The molecule has 1 aliphatic rings. The van der Waals surface area contributed by atoms with E-state index < -0.39 is 8.07 Å². The van der Waals surface area contributed by atoms with Gasteiger partial charge in [-0.25, -0.2) is 0 Å². The number of para-hydroxylation sites is 6. The normalized spacial score (nSPS) is 13.6. The Labute approximate surface area is 416 Å². The summed E-state index contributed by atoms with van der Waals surface area (Å²) in [5.74, 6) is 1.39. The maximum Gasteiger partial charge on any atom is 3.00 e. The molecule has 1 aliphatic heterocycles. The Morgan fingerprint density at radius 1 is 0.676 bits per heavy atom. The minimum atomic E-state index is -1.44. The van der Waals surface area contributed by atoms with Crippen molar-refractivity contribution in [3.63, 3.8) is 0 Å². The Kier molecular flexibility index (Phi) is 13.1. The summed E-state index contributed by atoms with van der Waals surface area (Å²) in [5, 5.41) is 11.5. The predicted octanol–water partition coefficient (Wildman–Crippen LogP) is 16.9. The minimum absolute atomic E-state index is 0. The number of fused-ring (bicyclic) bond motifs is 7. The molecule has 11 rings (SSSR count). The molecule has 342 valence electrons. The monoisotopic (exact) mass is 1080 g/mol. The van der Waals surface area contributed by atoms with Gasteiger partial charge in [-0.15, -0.1) is 29.3 Å². The Morgan fingerprint density at radius 2 is 1.35 bits per heavy atom. The first-order chi connectivity index (χ1) is 32.4. The number of rotatable bonds is 9. The standard InChI is InChI=1S/C37H33N3.C24H26NOSi.Ir/c1-24(2)28-16-12-17-29(25(3)4)36(28)40-35-20-11-9-18-32(35)38-37(40)26-21-22-34-31(23-26)30-15-8-10-19-33(30)39(34)27-13-6-5-7-14-27;1-16(2)13-17-14-21(25-15-23(17)27(3,4)5)20-11-8-10-19-18-9-6-7-12-22(18)26-24(19)20;/h5-20,22-25,37H,1-4H3;6-10,12,14-16H,13H2,1-5H3;/q-2;-1;+3. The molecule has 5 nitrogen and oxygen atoms in total. The van der Waals surface area contributed by atoms with Crippen molar-refractivity contribution in [3.8, 4) is 16.9 Å². The van der Waals surface area contributed by atoms with Gasteiger partial charge in [0.1, 0.15) is 5.58 Å². The number of benzene rings is 7. The van der Waals surface area contributed by atoms with Gasteiger partial charge in [-0.05, 0) is 88.1 Å². The summed E-state index contributed by atoms with van der Waals surface area (Å²) in [6.45, 7) is 20.9. The average Bonchev–Trinajstić information content (AvgIpc) is 4.01. The van der Waals surface area contributed by atoms with Crippen molar-refractivity contribution in [2.75, 3.05) is 4.90 Å².